The summed E-state index contributed by atoms with van der Waals surface area (Å²) in [5.41, 5.74) is 4.49. The van der Waals surface area contributed by atoms with E-state index in [1.807, 2.05) is 36.4 Å². The standard InChI is InChI=1S/C24H23ClN2O3/c25-22-7-2-1-6-21(22)23(28)27-20-5-3-4-18(14-20)16-26-15-17-8-10-19(11-9-17)24-29-12-13-30-24/h1-11,14,24,26H,12-13,15-16H2,(H,27,28). The Morgan fingerprint density at radius 2 is 1.63 bits per heavy atom. The third kappa shape index (κ3) is 5.26. The molecular weight excluding hydrogens is 400 g/mol. The van der Waals surface area contributed by atoms with Gasteiger partial charge in [0.2, 0.25) is 0 Å². The van der Waals surface area contributed by atoms with Gasteiger partial charge >= 0.3 is 0 Å². The first-order valence-electron chi connectivity index (χ1n) is 9.86. The van der Waals surface area contributed by atoms with E-state index in [-0.39, 0.29) is 12.2 Å². The van der Waals surface area contributed by atoms with Crippen LogP contribution in [0.3, 0.4) is 0 Å². The van der Waals surface area contributed by atoms with Gasteiger partial charge in [0.15, 0.2) is 6.29 Å². The third-order valence-electron chi connectivity index (χ3n) is 4.84. The molecule has 0 aromatic heterocycles. The first-order chi connectivity index (χ1) is 14.7. The fraction of sp³-hybridized carbons (Fsp3) is 0.208. The number of nitrogens with one attached hydrogen (secondary N) is 2. The minimum absolute atomic E-state index is 0.221. The predicted molar refractivity (Wildman–Crippen MR) is 117 cm³/mol. The highest BCUT2D eigenvalue weighted by atomic mass is 35.5. The van der Waals surface area contributed by atoms with Crippen molar-refractivity contribution in [3.8, 4) is 0 Å². The smallest absolute Gasteiger partial charge is 0.257 e. The van der Waals surface area contributed by atoms with E-state index in [2.05, 4.69) is 22.8 Å². The van der Waals surface area contributed by atoms with Crippen LogP contribution >= 0.6 is 11.6 Å². The zero-order valence-corrected chi connectivity index (χ0v) is 17.2. The topological polar surface area (TPSA) is 59.6 Å². The minimum Gasteiger partial charge on any atom is -0.346 e. The van der Waals surface area contributed by atoms with Crippen molar-refractivity contribution in [2.45, 2.75) is 19.4 Å². The molecule has 0 radical (unpaired) electrons. The molecule has 6 heteroatoms. The number of carbonyl (C=O) groups is 1. The molecule has 5 nitrogen and oxygen atoms in total. The Labute approximate surface area is 181 Å². The summed E-state index contributed by atoms with van der Waals surface area (Å²) < 4.78 is 11.0. The molecule has 0 aliphatic carbocycles. The summed E-state index contributed by atoms with van der Waals surface area (Å²) in [6.45, 7) is 2.72. The third-order valence-corrected chi connectivity index (χ3v) is 5.16. The van der Waals surface area contributed by atoms with Crippen LogP contribution in [0.1, 0.15) is 33.3 Å². The number of rotatable bonds is 7. The van der Waals surface area contributed by atoms with Crippen molar-refractivity contribution in [2.24, 2.45) is 0 Å². The number of amides is 1. The lowest BCUT2D eigenvalue weighted by Gasteiger charge is -2.11. The average Bonchev–Trinajstić information content (AvgIpc) is 3.30. The van der Waals surface area contributed by atoms with Crippen LogP contribution in [0.15, 0.2) is 72.8 Å². The van der Waals surface area contributed by atoms with Gasteiger partial charge in [-0.15, -0.1) is 0 Å². The van der Waals surface area contributed by atoms with Crippen molar-refractivity contribution in [3.05, 3.63) is 100 Å². The monoisotopic (exact) mass is 422 g/mol. The molecule has 1 amide bonds. The van der Waals surface area contributed by atoms with E-state index in [4.69, 9.17) is 21.1 Å². The fourth-order valence-electron chi connectivity index (χ4n) is 3.30. The maximum Gasteiger partial charge on any atom is 0.257 e. The van der Waals surface area contributed by atoms with E-state index in [0.29, 0.717) is 30.3 Å². The number of ether oxygens (including phenoxy) is 2. The van der Waals surface area contributed by atoms with E-state index in [9.17, 15) is 4.79 Å². The summed E-state index contributed by atoms with van der Waals surface area (Å²) >= 11 is 6.11. The summed E-state index contributed by atoms with van der Waals surface area (Å²) in [5, 5.41) is 6.77. The Hall–Kier alpha value is -2.70. The maximum absolute atomic E-state index is 12.4. The molecule has 0 unspecified atom stereocenters. The van der Waals surface area contributed by atoms with Crippen LogP contribution in [-0.2, 0) is 22.6 Å². The fourth-order valence-corrected chi connectivity index (χ4v) is 3.52. The molecule has 30 heavy (non-hydrogen) atoms. The first-order valence-corrected chi connectivity index (χ1v) is 10.2. The van der Waals surface area contributed by atoms with Gasteiger partial charge in [-0.3, -0.25) is 4.79 Å². The van der Waals surface area contributed by atoms with Gasteiger partial charge in [0.25, 0.3) is 5.91 Å². The second-order valence-electron chi connectivity index (χ2n) is 7.05. The lowest BCUT2D eigenvalue weighted by Crippen LogP contribution is -2.14. The molecule has 1 heterocycles. The number of benzene rings is 3. The molecule has 154 valence electrons. The zero-order valence-electron chi connectivity index (χ0n) is 16.4. The number of hydrogen-bond donors (Lipinski definition) is 2. The number of halogens is 1. The van der Waals surface area contributed by atoms with Gasteiger partial charge in [0, 0.05) is 24.3 Å². The largest absolute Gasteiger partial charge is 0.346 e. The van der Waals surface area contributed by atoms with Crippen molar-refractivity contribution in [1.82, 2.24) is 5.32 Å². The molecule has 1 fully saturated rings. The Balaban J connectivity index is 1.30. The summed E-state index contributed by atoms with van der Waals surface area (Å²) in [4.78, 5) is 12.4. The van der Waals surface area contributed by atoms with Gasteiger partial charge < -0.3 is 20.1 Å². The normalized spacial score (nSPS) is 14.0. The van der Waals surface area contributed by atoms with Gasteiger partial charge in [0.1, 0.15) is 0 Å². The predicted octanol–water partition coefficient (Wildman–Crippen LogP) is 4.93. The highest BCUT2D eigenvalue weighted by molar-refractivity contribution is 6.34. The van der Waals surface area contributed by atoms with Crippen LogP contribution < -0.4 is 10.6 Å². The van der Waals surface area contributed by atoms with Crippen LogP contribution in [0, 0.1) is 0 Å². The Kier molecular flexibility index (Phi) is 6.77. The average molecular weight is 423 g/mol. The van der Waals surface area contributed by atoms with Crippen molar-refractivity contribution in [2.75, 3.05) is 18.5 Å². The van der Waals surface area contributed by atoms with Crippen LogP contribution in [0.4, 0.5) is 5.69 Å². The van der Waals surface area contributed by atoms with Crippen LogP contribution in [0.2, 0.25) is 5.02 Å². The molecular formula is C24H23ClN2O3. The van der Waals surface area contributed by atoms with Crippen molar-refractivity contribution in [3.63, 3.8) is 0 Å². The summed E-state index contributed by atoms with van der Waals surface area (Å²) in [6, 6.07) is 23.0. The summed E-state index contributed by atoms with van der Waals surface area (Å²) in [6.07, 6.45) is -0.240. The lowest BCUT2D eigenvalue weighted by molar-refractivity contribution is -0.0441. The number of anilines is 1. The van der Waals surface area contributed by atoms with Gasteiger partial charge in [-0.2, -0.15) is 0 Å². The minimum atomic E-state index is -0.240. The molecule has 4 rings (SSSR count). The van der Waals surface area contributed by atoms with Crippen LogP contribution in [-0.4, -0.2) is 19.1 Å². The van der Waals surface area contributed by atoms with Crippen LogP contribution in [0.25, 0.3) is 0 Å². The number of hydrogen-bond acceptors (Lipinski definition) is 4. The molecule has 0 spiro atoms. The molecule has 3 aromatic rings. The summed E-state index contributed by atoms with van der Waals surface area (Å²) in [5.74, 6) is -0.221. The highest BCUT2D eigenvalue weighted by Gasteiger charge is 2.17. The molecule has 3 aromatic carbocycles. The zero-order chi connectivity index (χ0) is 20.8. The van der Waals surface area contributed by atoms with E-state index < -0.39 is 0 Å². The molecule has 0 saturated carbocycles. The van der Waals surface area contributed by atoms with Gasteiger partial charge in [-0.05, 0) is 35.4 Å². The molecule has 1 saturated heterocycles. The SMILES string of the molecule is O=C(Nc1cccc(CNCc2ccc(C3OCCO3)cc2)c1)c1ccccc1Cl. The van der Waals surface area contributed by atoms with Crippen LogP contribution in [0.5, 0.6) is 0 Å². The Bertz CT molecular complexity index is 1000. The van der Waals surface area contributed by atoms with Crippen molar-refractivity contribution < 1.29 is 14.3 Å². The van der Waals surface area contributed by atoms with E-state index >= 15 is 0 Å². The Morgan fingerprint density at radius 3 is 2.40 bits per heavy atom. The van der Waals surface area contributed by atoms with Gasteiger partial charge in [-0.1, -0.05) is 60.1 Å². The quantitative estimate of drug-likeness (QED) is 0.567. The van der Waals surface area contributed by atoms with Crippen molar-refractivity contribution >= 4 is 23.2 Å². The van der Waals surface area contributed by atoms with E-state index in [1.54, 1.807) is 24.3 Å². The highest BCUT2D eigenvalue weighted by Crippen LogP contribution is 2.23. The second kappa shape index (κ2) is 9.87. The molecule has 0 atom stereocenters. The van der Waals surface area contributed by atoms with E-state index in [0.717, 1.165) is 23.4 Å². The maximum atomic E-state index is 12.4. The first kappa shape index (κ1) is 20.6. The Morgan fingerprint density at radius 1 is 0.900 bits per heavy atom. The van der Waals surface area contributed by atoms with Gasteiger partial charge in [-0.25, -0.2) is 0 Å². The second-order valence-corrected chi connectivity index (χ2v) is 7.46. The summed E-state index contributed by atoms with van der Waals surface area (Å²) in [7, 11) is 0. The lowest BCUT2D eigenvalue weighted by atomic mass is 10.1. The van der Waals surface area contributed by atoms with Gasteiger partial charge in [0.05, 0.1) is 23.8 Å². The van der Waals surface area contributed by atoms with Crippen molar-refractivity contribution in [1.29, 1.82) is 0 Å². The van der Waals surface area contributed by atoms with E-state index in [1.165, 1.54) is 5.56 Å². The number of carbonyl (C=O) groups excluding carboxylic acids is 1. The molecule has 0 bridgehead atoms. The molecule has 1 aliphatic rings. The molecule has 1 aliphatic heterocycles. The molecule has 2 N–H and O–H groups in total.